The number of aryl methyl sites for hydroxylation is 1. The Hall–Kier alpha value is -3.77. The molecule has 3 unspecified atom stereocenters. The van der Waals surface area contributed by atoms with Crippen molar-refractivity contribution in [3.63, 3.8) is 0 Å². The molecule has 12 heteroatoms. The maximum atomic E-state index is 14.3. The van der Waals surface area contributed by atoms with Crippen LogP contribution in [0, 0.1) is 23.6 Å². The van der Waals surface area contributed by atoms with E-state index in [0.717, 1.165) is 69.8 Å². The van der Waals surface area contributed by atoms with Crippen LogP contribution in [0.1, 0.15) is 82.6 Å². The maximum Gasteiger partial charge on any atom is 0.224 e. The maximum absolute atomic E-state index is 14.3. The van der Waals surface area contributed by atoms with Crippen molar-refractivity contribution in [1.29, 1.82) is 0 Å². The highest BCUT2D eigenvalue weighted by atomic mass is 19.1. The molecular weight excluding hydrogens is 613 g/mol. The van der Waals surface area contributed by atoms with E-state index < -0.39 is 5.92 Å². The minimum absolute atomic E-state index is 0.0851. The summed E-state index contributed by atoms with van der Waals surface area (Å²) in [5.41, 5.74) is 2.03. The normalized spacial score (nSPS) is 18.5. The largest absolute Gasteiger partial charge is 0.393 e. The number of aromatic nitrogens is 3. The van der Waals surface area contributed by atoms with E-state index in [2.05, 4.69) is 44.5 Å². The number of amides is 2. The molecule has 0 spiro atoms. The summed E-state index contributed by atoms with van der Waals surface area (Å²) in [7, 11) is 1.70. The molecule has 3 atom stereocenters. The molecule has 0 radical (unpaired) electrons. The third-order valence-electron chi connectivity index (χ3n) is 10.2. The molecule has 3 aromatic rings. The second kappa shape index (κ2) is 16.6. The van der Waals surface area contributed by atoms with Gasteiger partial charge in [-0.05, 0) is 62.8 Å². The number of nitrogens with zero attached hydrogens (tertiary/aromatic N) is 5. The second-order valence-corrected chi connectivity index (χ2v) is 14.0. The van der Waals surface area contributed by atoms with Crippen LogP contribution in [0.5, 0.6) is 0 Å². The topological polar surface area (TPSA) is 129 Å². The average molecular weight is 666 g/mol. The van der Waals surface area contributed by atoms with Crippen molar-refractivity contribution in [2.24, 2.45) is 24.8 Å². The standard InChI is InChI=1S/C36H52FN7O4/c1-24(2)34(32-20-33(41-48-32)44-18-11-26(12-19-44)22-43-16-13-29(46)14-17-43)30(6-5-15-38-23-45)36(47)40-25(3)27-7-9-28(10-8-27)35-31(37)21-39-42(35)4/h7-10,20-21,23-26,29-30,34,46H,5-6,11-19,22H2,1-4H3,(H,38,45)(H,40,47). The number of hydrogen-bond donors (Lipinski definition) is 3. The van der Waals surface area contributed by atoms with Gasteiger partial charge in [-0.2, -0.15) is 5.10 Å². The number of aliphatic hydroxyl groups is 1. The second-order valence-electron chi connectivity index (χ2n) is 14.0. The van der Waals surface area contributed by atoms with Crippen LogP contribution in [0.15, 0.2) is 41.1 Å². The molecule has 3 N–H and O–H groups in total. The lowest BCUT2D eigenvalue weighted by atomic mass is 9.78. The Morgan fingerprint density at radius 2 is 1.81 bits per heavy atom. The van der Waals surface area contributed by atoms with Crippen molar-refractivity contribution in [2.45, 2.75) is 77.4 Å². The molecule has 0 saturated carbocycles. The van der Waals surface area contributed by atoms with Gasteiger partial charge in [-0.25, -0.2) is 4.39 Å². The predicted molar refractivity (Wildman–Crippen MR) is 183 cm³/mol. The number of piperidine rings is 2. The van der Waals surface area contributed by atoms with Gasteiger partial charge in [0.1, 0.15) is 11.5 Å². The number of aliphatic hydroxyl groups excluding tert-OH is 1. The Morgan fingerprint density at radius 3 is 2.44 bits per heavy atom. The fourth-order valence-corrected chi connectivity index (χ4v) is 7.41. The zero-order chi connectivity index (χ0) is 34.2. The van der Waals surface area contributed by atoms with Gasteiger partial charge in [-0.15, -0.1) is 0 Å². The van der Waals surface area contributed by atoms with Crippen molar-refractivity contribution in [1.82, 2.24) is 30.5 Å². The van der Waals surface area contributed by atoms with Crippen LogP contribution in [-0.4, -0.2) is 82.6 Å². The van der Waals surface area contributed by atoms with Crippen molar-refractivity contribution in [3.8, 4) is 11.3 Å². The van der Waals surface area contributed by atoms with E-state index in [9.17, 15) is 19.1 Å². The molecule has 2 fully saturated rings. The summed E-state index contributed by atoms with van der Waals surface area (Å²) in [5, 5.41) is 24.2. The van der Waals surface area contributed by atoms with Gasteiger partial charge in [0.25, 0.3) is 0 Å². The zero-order valence-corrected chi connectivity index (χ0v) is 28.8. The molecule has 11 nitrogen and oxygen atoms in total. The van der Waals surface area contributed by atoms with Gasteiger partial charge in [0.05, 0.1) is 18.3 Å². The molecule has 2 aromatic heterocycles. The van der Waals surface area contributed by atoms with Crippen LogP contribution in [0.3, 0.4) is 0 Å². The van der Waals surface area contributed by atoms with Crippen LogP contribution < -0.4 is 15.5 Å². The zero-order valence-electron chi connectivity index (χ0n) is 28.8. The lowest BCUT2D eigenvalue weighted by Gasteiger charge is -2.36. The van der Waals surface area contributed by atoms with E-state index in [0.29, 0.717) is 48.7 Å². The molecule has 5 rings (SSSR count). The highest BCUT2D eigenvalue weighted by Gasteiger charge is 2.36. The number of rotatable bonds is 15. The number of nitrogens with one attached hydrogen (secondary N) is 2. The summed E-state index contributed by atoms with van der Waals surface area (Å²) in [4.78, 5) is 29.7. The number of anilines is 1. The van der Waals surface area contributed by atoms with Gasteiger partial charge < -0.3 is 30.1 Å². The molecule has 0 bridgehead atoms. The molecule has 2 saturated heterocycles. The Labute approximate surface area is 283 Å². The van der Waals surface area contributed by atoms with Crippen LogP contribution in [-0.2, 0) is 16.6 Å². The molecule has 262 valence electrons. The highest BCUT2D eigenvalue weighted by Crippen LogP contribution is 2.38. The molecule has 48 heavy (non-hydrogen) atoms. The van der Waals surface area contributed by atoms with Crippen LogP contribution in [0.4, 0.5) is 10.2 Å². The predicted octanol–water partition coefficient (Wildman–Crippen LogP) is 4.65. The SMILES string of the molecule is CC(NC(=O)C(CCCNC=O)C(c1cc(N2CCC(CN3CCC(O)CC3)CC2)no1)C(C)C)c1ccc(-c2c(F)cnn2C)cc1. The fourth-order valence-electron chi connectivity index (χ4n) is 7.41. The van der Waals surface area contributed by atoms with Gasteiger partial charge in [0.15, 0.2) is 11.6 Å². The number of hydrogen-bond acceptors (Lipinski definition) is 8. The molecule has 2 amide bonds. The summed E-state index contributed by atoms with van der Waals surface area (Å²) in [6, 6.07) is 9.22. The first kappa shape index (κ1) is 35.5. The fraction of sp³-hybridized carbons (Fsp3) is 0.611. The first-order chi connectivity index (χ1) is 23.1. The number of halogens is 1. The average Bonchev–Trinajstić information content (AvgIpc) is 3.69. The van der Waals surface area contributed by atoms with E-state index in [1.54, 1.807) is 7.05 Å². The monoisotopic (exact) mass is 665 g/mol. The van der Waals surface area contributed by atoms with Gasteiger partial charge in [0.2, 0.25) is 12.3 Å². The van der Waals surface area contributed by atoms with Crippen molar-refractivity contribution >= 4 is 18.1 Å². The minimum Gasteiger partial charge on any atom is -0.393 e. The Bertz CT molecular complexity index is 1440. The number of benzene rings is 1. The van der Waals surface area contributed by atoms with Gasteiger partial charge in [0, 0.05) is 69.8 Å². The van der Waals surface area contributed by atoms with Crippen LogP contribution in [0.25, 0.3) is 11.3 Å². The summed E-state index contributed by atoms with van der Waals surface area (Å²) >= 11 is 0. The molecule has 0 aliphatic carbocycles. The van der Waals surface area contributed by atoms with E-state index >= 15 is 0 Å². The summed E-state index contributed by atoms with van der Waals surface area (Å²) in [5.74, 6) is 1.16. The molecular formula is C36H52FN7O4. The molecule has 1 aromatic carbocycles. The molecule has 2 aliphatic heterocycles. The van der Waals surface area contributed by atoms with Crippen molar-refractivity contribution in [2.75, 3.05) is 44.2 Å². The lowest BCUT2D eigenvalue weighted by molar-refractivity contribution is -0.127. The smallest absolute Gasteiger partial charge is 0.224 e. The quantitative estimate of drug-likeness (QED) is 0.158. The third kappa shape index (κ3) is 8.82. The molecule has 4 heterocycles. The van der Waals surface area contributed by atoms with Crippen LogP contribution in [0.2, 0.25) is 0 Å². The first-order valence-electron chi connectivity index (χ1n) is 17.5. The van der Waals surface area contributed by atoms with E-state index in [4.69, 9.17) is 4.52 Å². The molecule has 2 aliphatic rings. The van der Waals surface area contributed by atoms with Crippen molar-refractivity contribution in [3.05, 3.63) is 53.7 Å². The van der Waals surface area contributed by atoms with Gasteiger partial charge >= 0.3 is 0 Å². The Balaban J connectivity index is 1.25. The van der Waals surface area contributed by atoms with Crippen LogP contribution >= 0.6 is 0 Å². The van der Waals surface area contributed by atoms with E-state index in [1.807, 2.05) is 37.3 Å². The minimum atomic E-state index is -0.404. The highest BCUT2D eigenvalue weighted by molar-refractivity contribution is 5.80. The summed E-state index contributed by atoms with van der Waals surface area (Å²) in [6.07, 6.45) is 6.84. The summed E-state index contributed by atoms with van der Waals surface area (Å²) in [6.45, 7) is 11.5. The number of carbonyl (C=O) groups is 2. The van der Waals surface area contributed by atoms with Crippen molar-refractivity contribution < 1.29 is 23.6 Å². The Kier molecular flexibility index (Phi) is 12.3. The van der Waals surface area contributed by atoms with E-state index in [1.165, 1.54) is 10.9 Å². The lowest BCUT2D eigenvalue weighted by Crippen LogP contribution is -2.42. The Morgan fingerprint density at radius 1 is 1.10 bits per heavy atom. The van der Waals surface area contributed by atoms with E-state index in [-0.39, 0.29) is 35.7 Å². The number of likely N-dealkylation sites (tertiary alicyclic amines) is 1. The number of carbonyl (C=O) groups excluding carboxylic acids is 2. The van der Waals surface area contributed by atoms with Gasteiger partial charge in [-0.3, -0.25) is 14.3 Å². The van der Waals surface area contributed by atoms with Gasteiger partial charge in [-0.1, -0.05) is 43.3 Å². The summed E-state index contributed by atoms with van der Waals surface area (Å²) < 4.78 is 21.8. The first-order valence-corrected chi connectivity index (χ1v) is 17.5. The third-order valence-corrected chi connectivity index (χ3v) is 10.2.